The van der Waals surface area contributed by atoms with Crippen LogP contribution < -0.4 is 10.5 Å². The third-order valence-electron chi connectivity index (χ3n) is 2.57. The van der Waals surface area contributed by atoms with Gasteiger partial charge in [0, 0.05) is 17.7 Å². The molecule has 3 N–H and O–H groups in total. The summed E-state index contributed by atoms with van der Waals surface area (Å²) in [4.78, 5) is 4.23. The number of aromatic nitrogens is 3. The standard InChI is InChI=1S/C13H15FN4O/c1-9-16-13(18-17-9)11-2-4-12(5-3-11)19-8-10(6-14)7-15/h2-6H,7-8,15H2,1H3,(H,16,17,18)/b10-6+. The van der Waals surface area contributed by atoms with Crippen LogP contribution in [-0.4, -0.2) is 28.3 Å². The summed E-state index contributed by atoms with van der Waals surface area (Å²) in [5.41, 5.74) is 6.66. The Bertz CT molecular complexity index is 562. The van der Waals surface area contributed by atoms with Crippen molar-refractivity contribution in [1.82, 2.24) is 15.2 Å². The Morgan fingerprint density at radius 3 is 2.68 bits per heavy atom. The van der Waals surface area contributed by atoms with Crippen molar-refractivity contribution in [2.75, 3.05) is 13.2 Å². The van der Waals surface area contributed by atoms with E-state index in [2.05, 4.69) is 15.2 Å². The van der Waals surface area contributed by atoms with Gasteiger partial charge in [0.05, 0.1) is 6.33 Å². The maximum Gasteiger partial charge on any atom is 0.155 e. The first-order valence-electron chi connectivity index (χ1n) is 5.83. The maximum atomic E-state index is 12.3. The third-order valence-corrected chi connectivity index (χ3v) is 2.57. The van der Waals surface area contributed by atoms with Gasteiger partial charge in [-0.3, -0.25) is 5.10 Å². The number of rotatable bonds is 5. The fraction of sp³-hybridized carbons (Fsp3) is 0.231. The van der Waals surface area contributed by atoms with Crippen LogP contribution in [0.15, 0.2) is 36.2 Å². The van der Waals surface area contributed by atoms with E-state index in [0.717, 1.165) is 5.56 Å². The Morgan fingerprint density at radius 1 is 1.42 bits per heavy atom. The van der Waals surface area contributed by atoms with E-state index in [1.54, 1.807) is 12.1 Å². The second kappa shape index (κ2) is 6.10. The second-order valence-electron chi connectivity index (χ2n) is 4.02. The molecule has 2 aromatic rings. The molecular formula is C13H15FN4O. The predicted molar refractivity (Wildman–Crippen MR) is 70.3 cm³/mol. The van der Waals surface area contributed by atoms with Crippen LogP contribution in [0.25, 0.3) is 11.4 Å². The lowest BCUT2D eigenvalue weighted by Crippen LogP contribution is -2.10. The number of halogens is 1. The van der Waals surface area contributed by atoms with Crippen molar-refractivity contribution in [3.63, 3.8) is 0 Å². The minimum absolute atomic E-state index is 0.145. The lowest BCUT2D eigenvalue weighted by atomic mass is 10.2. The predicted octanol–water partition coefficient (Wildman–Crippen LogP) is 1.97. The average molecular weight is 262 g/mol. The molecule has 1 heterocycles. The normalized spacial score (nSPS) is 11.6. The van der Waals surface area contributed by atoms with Gasteiger partial charge in [-0.2, -0.15) is 5.10 Å². The maximum absolute atomic E-state index is 12.3. The molecular weight excluding hydrogens is 247 g/mol. The molecule has 0 unspecified atom stereocenters. The number of aryl methyl sites for hydroxylation is 1. The molecule has 5 nitrogen and oxygen atoms in total. The first-order valence-corrected chi connectivity index (χ1v) is 5.83. The quantitative estimate of drug-likeness (QED) is 0.863. The van der Waals surface area contributed by atoms with Gasteiger partial charge in [0.1, 0.15) is 18.2 Å². The van der Waals surface area contributed by atoms with E-state index in [1.807, 2.05) is 19.1 Å². The molecule has 0 aliphatic carbocycles. The molecule has 0 saturated heterocycles. The van der Waals surface area contributed by atoms with E-state index in [1.165, 1.54) is 0 Å². The van der Waals surface area contributed by atoms with Gasteiger partial charge in [-0.05, 0) is 31.2 Å². The number of nitrogens with two attached hydrogens (primary N) is 1. The Morgan fingerprint density at radius 2 is 2.16 bits per heavy atom. The fourth-order valence-electron chi connectivity index (χ4n) is 1.49. The molecule has 2 rings (SSSR count). The van der Waals surface area contributed by atoms with Gasteiger partial charge < -0.3 is 10.5 Å². The van der Waals surface area contributed by atoms with E-state index in [9.17, 15) is 4.39 Å². The highest BCUT2D eigenvalue weighted by Gasteiger charge is 2.03. The van der Waals surface area contributed by atoms with E-state index in [0.29, 0.717) is 29.3 Å². The van der Waals surface area contributed by atoms with Crippen molar-refractivity contribution in [2.45, 2.75) is 6.92 Å². The molecule has 0 aliphatic heterocycles. The SMILES string of the molecule is Cc1n[nH]c(-c2ccc(OC/C(=C/F)CN)cc2)n1. The molecule has 1 aromatic carbocycles. The molecule has 0 aliphatic rings. The smallest absolute Gasteiger partial charge is 0.155 e. The lowest BCUT2D eigenvalue weighted by Gasteiger charge is -2.07. The van der Waals surface area contributed by atoms with Crippen LogP contribution in [0, 0.1) is 6.92 Å². The van der Waals surface area contributed by atoms with Gasteiger partial charge in [0.25, 0.3) is 0 Å². The largest absolute Gasteiger partial charge is 0.489 e. The molecule has 0 atom stereocenters. The summed E-state index contributed by atoms with van der Waals surface area (Å²) in [6.45, 7) is 2.11. The number of nitrogens with one attached hydrogen (secondary N) is 1. The first-order chi connectivity index (χ1) is 9.22. The molecule has 6 heteroatoms. The van der Waals surface area contributed by atoms with E-state index in [-0.39, 0.29) is 13.2 Å². The third kappa shape index (κ3) is 3.38. The molecule has 100 valence electrons. The van der Waals surface area contributed by atoms with Gasteiger partial charge in [-0.25, -0.2) is 9.37 Å². The fourth-order valence-corrected chi connectivity index (χ4v) is 1.49. The van der Waals surface area contributed by atoms with Crippen molar-refractivity contribution in [3.05, 3.63) is 42.0 Å². The number of hydrogen-bond donors (Lipinski definition) is 2. The summed E-state index contributed by atoms with van der Waals surface area (Å²) in [7, 11) is 0. The molecule has 0 radical (unpaired) electrons. The Kier molecular flexibility index (Phi) is 4.25. The topological polar surface area (TPSA) is 76.8 Å². The molecule has 19 heavy (non-hydrogen) atoms. The van der Waals surface area contributed by atoms with Crippen LogP contribution in [0.1, 0.15) is 5.82 Å². The van der Waals surface area contributed by atoms with Gasteiger partial charge >= 0.3 is 0 Å². The van der Waals surface area contributed by atoms with Crippen molar-refractivity contribution < 1.29 is 9.13 Å². The highest BCUT2D eigenvalue weighted by molar-refractivity contribution is 5.55. The number of aromatic amines is 1. The van der Waals surface area contributed by atoms with Crippen LogP contribution in [0.4, 0.5) is 4.39 Å². The highest BCUT2D eigenvalue weighted by Crippen LogP contribution is 2.19. The molecule has 1 aromatic heterocycles. The number of benzene rings is 1. The summed E-state index contributed by atoms with van der Waals surface area (Å²) in [5, 5.41) is 6.80. The minimum Gasteiger partial charge on any atom is -0.489 e. The average Bonchev–Trinajstić information content (AvgIpc) is 2.87. The van der Waals surface area contributed by atoms with E-state index in [4.69, 9.17) is 10.5 Å². The van der Waals surface area contributed by atoms with Crippen LogP contribution in [0.5, 0.6) is 5.75 Å². The van der Waals surface area contributed by atoms with E-state index >= 15 is 0 Å². The number of H-pyrrole nitrogens is 1. The Hall–Kier alpha value is -2.21. The minimum atomic E-state index is 0.145. The number of hydrogen-bond acceptors (Lipinski definition) is 4. The van der Waals surface area contributed by atoms with Crippen molar-refractivity contribution in [2.24, 2.45) is 5.73 Å². The summed E-state index contributed by atoms with van der Waals surface area (Å²) < 4.78 is 17.7. The Balaban J connectivity index is 2.02. The Labute approximate surface area is 110 Å². The van der Waals surface area contributed by atoms with Crippen molar-refractivity contribution >= 4 is 0 Å². The first kappa shape index (κ1) is 13.2. The zero-order chi connectivity index (χ0) is 13.7. The molecule has 0 bridgehead atoms. The molecule has 0 amide bonds. The van der Waals surface area contributed by atoms with Crippen molar-refractivity contribution in [3.8, 4) is 17.1 Å². The van der Waals surface area contributed by atoms with Gasteiger partial charge in [0.15, 0.2) is 5.82 Å². The lowest BCUT2D eigenvalue weighted by molar-refractivity contribution is 0.347. The van der Waals surface area contributed by atoms with Crippen LogP contribution >= 0.6 is 0 Å². The summed E-state index contributed by atoms with van der Waals surface area (Å²) in [5.74, 6) is 2.04. The van der Waals surface area contributed by atoms with Crippen LogP contribution in [0.2, 0.25) is 0 Å². The monoisotopic (exact) mass is 262 g/mol. The molecule has 0 saturated carbocycles. The number of ether oxygens (including phenoxy) is 1. The summed E-state index contributed by atoms with van der Waals surface area (Å²) in [6, 6.07) is 7.30. The summed E-state index contributed by atoms with van der Waals surface area (Å²) >= 11 is 0. The highest BCUT2D eigenvalue weighted by atomic mass is 19.1. The van der Waals surface area contributed by atoms with Crippen LogP contribution in [-0.2, 0) is 0 Å². The zero-order valence-electron chi connectivity index (χ0n) is 10.6. The van der Waals surface area contributed by atoms with Crippen LogP contribution in [0.3, 0.4) is 0 Å². The zero-order valence-corrected chi connectivity index (χ0v) is 10.6. The number of nitrogens with zero attached hydrogens (tertiary/aromatic N) is 2. The molecule has 0 fully saturated rings. The summed E-state index contributed by atoms with van der Waals surface area (Å²) in [6.07, 6.45) is 0.478. The second-order valence-corrected chi connectivity index (χ2v) is 4.02. The van der Waals surface area contributed by atoms with Gasteiger partial charge in [-0.1, -0.05) is 0 Å². The molecule has 0 spiro atoms. The van der Waals surface area contributed by atoms with Gasteiger partial charge in [-0.15, -0.1) is 0 Å². The van der Waals surface area contributed by atoms with Gasteiger partial charge in [0.2, 0.25) is 0 Å². The van der Waals surface area contributed by atoms with Crippen molar-refractivity contribution in [1.29, 1.82) is 0 Å². The van der Waals surface area contributed by atoms with E-state index < -0.39 is 0 Å².